The molecule has 2 rings (SSSR count). The Morgan fingerprint density at radius 2 is 2.00 bits per heavy atom. The molecule has 2 N–H and O–H groups in total. The maximum atomic E-state index is 11.5. The van der Waals surface area contributed by atoms with Gasteiger partial charge < -0.3 is 0 Å². The quantitative estimate of drug-likeness (QED) is 0.827. The summed E-state index contributed by atoms with van der Waals surface area (Å²) >= 11 is 3.25. The highest BCUT2D eigenvalue weighted by Gasteiger charge is 2.18. The Bertz CT molecular complexity index is 539. The highest BCUT2D eigenvalue weighted by atomic mass is 79.9. The van der Waals surface area contributed by atoms with Crippen LogP contribution < -0.4 is 10.2 Å². The third kappa shape index (κ3) is 2.68. The average Bonchev–Trinajstić information content (AvgIpc) is 2.76. The van der Waals surface area contributed by atoms with Gasteiger partial charge in [-0.25, -0.2) is 13.1 Å². The smallest absolute Gasteiger partial charge is 0.240 e. The Morgan fingerprint density at radius 3 is 2.47 bits per heavy atom. The van der Waals surface area contributed by atoms with E-state index in [0.717, 1.165) is 10.2 Å². The molecule has 1 aliphatic rings. The molecule has 1 aromatic rings. The summed E-state index contributed by atoms with van der Waals surface area (Å²) in [6.07, 6.45) is 1.64. The molecule has 0 aromatic heterocycles. The number of hydrogen-bond acceptors (Lipinski definition) is 4. The van der Waals surface area contributed by atoms with E-state index in [1.54, 1.807) is 24.3 Å². The number of rotatable bonds is 3. The van der Waals surface area contributed by atoms with E-state index >= 15 is 0 Å². The van der Waals surface area contributed by atoms with E-state index in [2.05, 4.69) is 26.1 Å². The molecule has 0 saturated carbocycles. The third-order valence-corrected chi connectivity index (χ3v) is 4.23. The molecule has 1 atom stereocenters. The second-order valence-electron chi connectivity index (χ2n) is 3.43. The molecule has 0 fully saturated rings. The molecule has 0 bridgehead atoms. The fourth-order valence-electron chi connectivity index (χ4n) is 1.44. The first-order valence-electron chi connectivity index (χ1n) is 4.85. The Morgan fingerprint density at radius 1 is 1.35 bits per heavy atom. The zero-order valence-electron chi connectivity index (χ0n) is 8.98. The Hall–Kier alpha value is -0.890. The fourth-order valence-corrected chi connectivity index (χ4v) is 2.50. The van der Waals surface area contributed by atoms with Crippen molar-refractivity contribution >= 4 is 26.0 Å². The predicted octanol–water partition coefficient (Wildman–Crippen LogP) is 1.41. The second kappa shape index (κ2) is 4.77. The van der Waals surface area contributed by atoms with Crippen molar-refractivity contribution in [3.63, 3.8) is 0 Å². The average molecular weight is 319 g/mol. The SMILES string of the molecule is CNS(=O)(=O)c1ccc([C@@H]2C=C(Br)NO2)cc1. The van der Waals surface area contributed by atoms with Gasteiger partial charge in [-0.2, -0.15) is 0 Å². The highest BCUT2D eigenvalue weighted by molar-refractivity contribution is 9.11. The number of nitrogens with one attached hydrogen (secondary N) is 2. The van der Waals surface area contributed by atoms with Gasteiger partial charge in [-0.15, -0.1) is 0 Å². The van der Waals surface area contributed by atoms with Gasteiger partial charge in [0.05, 0.1) is 4.90 Å². The van der Waals surface area contributed by atoms with Crippen LogP contribution in [-0.4, -0.2) is 15.5 Å². The van der Waals surface area contributed by atoms with E-state index < -0.39 is 10.0 Å². The van der Waals surface area contributed by atoms with Crippen molar-refractivity contribution in [2.24, 2.45) is 0 Å². The normalized spacial score (nSPS) is 19.9. The van der Waals surface area contributed by atoms with Gasteiger partial charge in [0, 0.05) is 0 Å². The van der Waals surface area contributed by atoms with E-state index in [1.165, 1.54) is 7.05 Å². The van der Waals surface area contributed by atoms with Crippen LogP contribution in [0.25, 0.3) is 0 Å². The minimum absolute atomic E-state index is 0.212. The maximum Gasteiger partial charge on any atom is 0.240 e. The summed E-state index contributed by atoms with van der Waals surface area (Å²) < 4.78 is 26.0. The van der Waals surface area contributed by atoms with Crippen LogP contribution in [0.4, 0.5) is 0 Å². The molecular weight excluding hydrogens is 308 g/mol. The van der Waals surface area contributed by atoms with Crippen LogP contribution in [-0.2, 0) is 14.9 Å². The van der Waals surface area contributed by atoms with Crippen molar-refractivity contribution in [2.75, 3.05) is 7.05 Å². The molecule has 92 valence electrons. The van der Waals surface area contributed by atoms with Gasteiger partial charge in [0.15, 0.2) is 0 Å². The Labute approximate surface area is 108 Å². The van der Waals surface area contributed by atoms with Crippen LogP contribution in [0.5, 0.6) is 0 Å². The number of sulfonamides is 1. The molecule has 7 heteroatoms. The zero-order valence-corrected chi connectivity index (χ0v) is 11.4. The van der Waals surface area contributed by atoms with Crippen LogP contribution in [0.15, 0.2) is 39.8 Å². The summed E-state index contributed by atoms with van der Waals surface area (Å²) in [6.45, 7) is 0. The standard InChI is InChI=1S/C10H11BrN2O3S/c1-12-17(14,15)8-4-2-7(3-5-8)9-6-10(11)13-16-9/h2-6,9,12-13H,1H3/t9-/m0/s1. The lowest BCUT2D eigenvalue weighted by atomic mass is 10.1. The summed E-state index contributed by atoms with van der Waals surface area (Å²) in [7, 11) is -2.00. The number of hydroxylamine groups is 1. The molecular formula is C10H11BrN2O3S. The number of benzene rings is 1. The first kappa shape index (κ1) is 12.6. The summed E-state index contributed by atoms with van der Waals surface area (Å²) in [5.41, 5.74) is 3.55. The summed E-state index contributed by atoms with van der Waals surface area (Å²) in [5.74, 6) is 0. The fraction of sp³-hybridized carbons (Fsp3) is 0.200. The molecule has 1 aliphatic heterocycles. The van der Waals surface area contributed by atoms with Crippen LogP contribution >= 0.6 is 15.9 Å². The molecule has 0 spiro atoms. The van der Waals surface area contributed by atoms with Crippen LogP contribution in [0, 0.1) is 0 Å². The van der Waals surface area contributed by atoms with Gasteiger partial charge in [0.1, 0.15) is 10.7 Å². The van der Waals surface area contributed by atoms with Gasteiger partial charge in [-0.05, 0) is 46.7 Å². The molecule has 0 saturated heterocycles. The summed E-state index contributed by atoms with van der Waals surface area (Å²) in [6, 6.07) is 6.53. The third-order valence-electron chi connectivity index (χ3n) is 2.37. The van der Waals surface area contributed by atoms with E-state index in [-0.39, 0.29) is 11.0 Å². The largest absolute Gasteiger partial charge is 0.263 e. The molecule has 1 heterocycles. The number of halogens is 1. The molecule has 0 radical (unpaired) electrons. The van der Waals surface area contributed by atoms with Crippen molar-refractivity contribution in [3.05, 3.63) is 40.5 Å². The Balaban J connectivity index is 2.25. The molecule has 1 aromatic carbocycles. The monoisotopic (exact) mass is 318 g/mol. The first-order valence-corrected chi connectivity index (χ1v) is 7.13. The van der Waals surface area contributed by atoms with Crippen molar-refractivity contribution in [3.8, 4) is 0 Å². The highest BCUT2D eigenvalue weighted by Crippen LogP contribution is 2.26. The van der Waals surface area contributed by atoms with E-state index in [1.807, 2.05) is 6.08 Å². The molecule has 0 unspecified atom stereocenters. The lowest BCUT2D eigenvalue weighted by Crippen LogP contribution is -2.18. The predicted molar refractivity (Wildman–Crippen MR) is 66.7 cm³/mol. The van der Waals surface area contributed by atoms with Gasteiger partial charge in [-0.1, -0.05) is 12.1 Å². The van der Waals surface area contributed by atoms with E-state index in [9.17, 15) is 8.42 Å². The van der Waals surface area contributed by atoms with Crippen LogP contribution in [0.3, 0.4) is 0 Å². The lowest BCUT2D eigenvalue weighted by molar-refractivity contribution is 0.0457. The van der Waals surface area contributed by atoms with Crippen molar-refractivity contribution < 1.29 is 13.3 Å². The first-order chi connectivity index (χ1) is 8.03. The van der Waals surface area contributed by atoms with E-state index in [4.69, 9.17) is 4.84 Å². The van der Waals surface area contributed by atoms with Gasteiger partial charge in [0.2, 0.25) is 10.0 Å². The summed E-state index contributed by atoms with van der Waals surface area (Å²) in [5, 5.41) is 0. The van der Waals surface area contributed by atoms with Crippen molar-refractivity contribution in [1.82, 2.24) is 10.2 Å². The molecule has 5 nitrogen and oxygen atoms in total. The van der Waals surface area contributed by atoms with Gasteiger partial charge in [-0.3, -0.25) is 10.3 Å². The maximum absolute atomic E-state index is 11.5. The second-order valence-corrected chi connectivity index (χ2v) is 6.17. The molecule has 17 heavy (non-hydrogen) atoms. The van der Waals surface area contributed by atoms with Crippen molar-refractivity contribution in [1.29, 1.82) is 0 Å². The Kier molecular flexibility index (Phi) is 3.53. The molecule has 0 amide bonds. The van der Waals surface area contributed by atoms with Gasteiger partial charge in [0.25, 0.3) is 0 Å². The minimum Gasteiger partial charge on any atom is -0.263 e. The zero-order chi connectivity index (χ0) is 12.5. The van der Waals surface area contributed by atoms with Crippen LogP contribution in [0.1, 0.15) is 11.7 Å². The lowest BCUT2D eigenvalue weighted by Gasteiger charge is -2.08. The number of hydrogen-bond donors (Lipinski definition) is 2. The van der Waals surface area contributed by atoms with Crippen molar-refractivity contribution in [2.45, 2.75) is 11.0 Å². The minimum atomic E-state index is -3.38. The van der Waals surface area contributed by atoms with Gasteiger partial charge >= 0.3 is 0 Å². The summed E-state index contributed by atoms with van der Waals surface area (Å²) in [4.78, 5) is 5.48. The van der Waals surface area contributed by atoms with Crippen LogP contribution in [0.2, 0.25) is 0 Å². The molecule has 0 aliphatic carbocycles. The van der Waals surface area contributed by atoms with E-state index in [0.29, 0.717) is 0 Å². The topological polar surface area (TPSA) is 67.4 Å².